The number of hydrogen-bond acceptors (Lipinski definition) is 2. The van der Waals surface area contributed by atoms with Crippen LogP contribution in [0.3, 0.4) is 0 Å². The van der Waals surface area contributed by atoms with E-state index in [1.54, 1.807) is 0 Å². The third-order valence-electron chi connectivity index (χ3n) is 5.08. The third kappa shape index (κ3) is 2.64. The molecule has 2 nitrogen and oxygen atoms in total. The number of hydrogen-bond donors (Lipinski definition) is 1. The minimum absolute atomic E-state index is 0.425. The van der Waals surface area contributed by atoms with E-state index in [1.807, 2.05) is 12.1 Å². The van der Waals surface area contributed by atoms with Crippen LogP contribution in [0.2, 0.25) is 0 Å². The number of likely N-dealkylation sites (tertiary alicyclic amines) is 1. The molecule has 1 aliphatic heterocycles. The molecular formula is C17H25NO. The van der Waals surface area contributed by atoms with Gasteiger partial charge in [0.1, 0.15) is 5.75 Å². The summed E-state index contributed by atoms with van der Waals surface area (Å²) in [6.07, 6.45) is 7.75. The molecule has 1 aromatic rings. The topological polar surface area (TPSA) is 23.5 Å². The van der Waals surface area contributed by atoms with Gasteiger partial charge < -0.3 is 5.11 Å². The van der Waals surface area contributed by atoms with Gasteiger partial charge in [0.2, 0.25) is 0 Å². The van der Waals surface area contributed by atoms with Crippen molar-refractivity contribution in [2.75, 3.05) is 13.1 Å². The third-order valence-corrected chi connectivity index (χ3v) is 5.08. The fraction of sp³-hybridized carbons (Fsp3) is 0.647. The molecule has 1 atom stereocenters. The number of fused-ring (bicyclic) bond motifs is 1. The van der Waals surface area contributed by atoms with Crippen molar-refractivity contribution in [3.63, 3.8) is 0 Å². The number of aromatic hydroxyl groups is 1. The molecule has 1 unspecified atom stereocenters. The van der Waals surface area contributed by atoms with Gasteiger partial charge in [-0.25, -0.2) is 0 Å². The standard InChI is InChI=1S/C17H25NO/c1-2-13-8-10-18(11-9-13)17-5-3-4-14-6-7-15(19)12-16(14)17/h6-7,12-13,17,19H,2-5,8-11H2,1H3. The number of aryl methyl sites for hydroxylation is 1. The Balaban J connectivity index is 1.78. The molecule has 104 valence electrons. The van der Waals surface area contributed by atoms with Crippen LogP contribution in [-0.4, -0.2) is 23.1 Å². The van der Waals surface area contributed by atoms with Crippen LogP contribution in [0.25, 0.3) is 0 Å². The lowest BCUT2D eigenvalue weighted by molar-refractivity contribution is 0.119. The van der Waals surface area contributed by atoms with E-state index in [0.717, 1.165) is 5.92 Å². The Morgan fingerprint density at radius 1 is 1.21 bits per heavy atom. The summed E-state index contributed by atoms with van der Waals surface area (Å²) in [4.78, 5) is 2.66. The minimum atomic E-state index is 0.425. The van der Waals surface area contributed by atoms with Crippen LogP contribution < -0.4 is 0 Å². The molecule has 1 aliphatic carbocycles. The molecule has 0 aromatic heterocycles. The van der Waals surface area contributed by atoms with Gasteiger partial charge in [0.15, 0.2) is 0 Å². The van der Waals surface area contributed by atoms with Crippen LogP contribution in [0.1, 0.15) is 56.2 Å². The van der Waals surface area contributed by atoms with Crippen molar-refractivity contribution in [1.82, 2.24) is 4.90 Å². The van der Waals surface area contributed by atoms with Crippen molar-refractivity contribution in [3.05, 3.63) is 29.3 Å². The molecule has 1 fully saturated rings. The number of nitrogens with zero attached hydrogens (tertiary/aromatic N) is 1. The van der Waals surface area contributed by atoms with Gasteiger partial charge in [0, 0.05) is 6.04 Å². The minimum Gasteiger partial charge on any atom is -0.508 e. The Kier molecular flexibility index (Phi) is 3.79. The number of rotatable bonds is 2. The molecule has 0 amide bonds. The van der Waals surface area contributed by atoms with Crippen molar-refractivity contribution in [2.45, 2.75) is 51.5 Å². The Hall–Kier alpha value is -1.02. The van der Waals surface area contributed by atoms with E-state index in [-0.39, 0.29) is 0 Å². The maximum absolute atomic E-state index is 9.77. The summed E-state index contributed by atoms with van der Waals surface area (Å²) in [5.41, 5.74) is 2.84. The molecule has 0 bridgehead atoms. The lowest BCUT2D eigenvalue weighted by Gasteiger charge is -2.40. The zero-order valence-corrected chi connectivity index (χ0v) is 11.9. The highest BCUT2D eigenvalue weighted by atomic mass is 16.3. The van der Waals surface area contributed by atoms with Crippen LogP contribution in [0, 0.1) is 5.92 Å². The van der Waals surface area contributed by atoms with Gasteiger partial charge >= 0.3 is 0 Å². The molecule has 19 heavy (non-hydrogen) atoms. The molecule has 1 saturated heterocycles. The number of benzene rings is 1. The first kappa shape index (κ1) is 13.0. The number of phenolic OH excluding ortho intramolecular Hbond substituents is 1. The maximum atomic E-state index is 9.77. The summed E-state index contributed by atoms with van der Waals surface area (Å²) in [5.74, 6) is 1.36. The van der Waals surface area contributed by atoms with Crippen LogP contribution in [0.4, 0.5) is 0 Å². The Morgan fingerprint density at radius 2 is 2.00 bits per heavy atom. The second-order valence-corrected chi connectivity index (χ2v) is 6.18. The average molecular weight is 259 g/mol. The Labute approximate surface area is 116 Å². The predicted octanol–water partition coefficient (Wildman–Crippen LogP) is 3.89. The first-order chi connectivity index (χ1) is 9.28. The smallest absolute Gasteiger partial charge is 0.115 e. The highest BCUT2D eigenvalue weighted by molar-refractivity contribution is 5.38. The fourth-order valence-corrected chi connectivity index (χ4v) is 3.81. The number of phenols is 1. The normalized spacial score (nSPS) is 25.2. The van der Waals surface area contributed by atoms with Gasteiger partial charge in [-0.3, -0.25) is 4.90 Å². The van der Waals surface area contributed by atoms with Gasteiger partial charge in [0.25, 0.3) is 0 Å². The highest BCUT2D eigenvalue weighted by Gasteiger charge is 2.29. The molecule has 2 heteroatoms. The van der Waals surface area contributed by atoms with Crippen molar-refractivity contribution in [3.8, 4) is 5.75 Å². The van der Waals surface area contributed by atoms with Crippen molar-refractivity contribution >= 4 is 0 Å². The first-order valence-electron chi connectivity index (χ1n) is 7.83. The van der Waals surface area contributed by atoms with E-state index in [0.29, 0.717) is 11.8 Å². The molecule has 3 rings (SSSR count). The monoisotopic (exact) mass is 259 g/mol. The quantitative estimate of drug-likeness (QED) is 0.871. The lowest BCUT2D eigenvalue weighted by Crippen LogP contribution is -2.38. The number of piperidine rings is 1. The van der Waals surface area contributed by atoms with E-state index in [9.17, 15) is 5.11 Å². The van der Waals surface area contributed by atoms with Gasteiger partial charge in [-0.1, -0.05) is 19.4 Å². The van der Waals surface area contributed by atoms with Crippen LogP contribution in [0.5, 0.6) is 5.75 Å². The van der Waals surface area contributed by atoms with E-state index in [4.69, 9.17) is 0 Å². The Morgan fingerprint density at radius 3 is 2.74 bits per heavy atom. The van der Waals surface area contributed by atoms with Gasteiger partial charge in [0.05, 0.1) is 0 Å². The average Bonchev–Trinajstić information content (AvgIpc) is 2.47. The van der Waals surface area contributed by atoms with Crippen molar-refractivity contribution in [1.29, 1.82) is 0 Å². The van der Waals surface area contributed by atoms with Crippen LogP contribution in [0.15, 0.2) is 18.2 Å². The molecule has 1 aromatic carbocycles. The summed E-state index contributed by atoms with van der Waals surface area (Å²) in [7, 11) is 0. The molecule has 0 saturated carbocycles. The molecular weight excluding hydrogens is 234 g/mol. The first-order valence-corrected chi connectivity index (χ1v) is 7.83. The summed E-state index contributed by atoms with van der Waals surface area (Å²) >= 11 is 0. The molecule has 1 N–H and O–H groups in total. The molecule has 2 aliphatic rings. The van der Waals surface area contributed by atoms with Crippen LogP contribution in [-0.2, 0) is 6.42 Å². The summed E-state index contributed by atoms with van der Waals surface area (Å²) < 4.78 is 0. The predicted molar refractivity (Wildman–Crippen MR) is 78.4 cm³/mol. The van der Waals surface area contributed by atoms with Crippen molar-refractivity contribution in [2.24, 2.45) is 5.92 Å². The van der Waals surface area contributed by atoms with E-state index in [2.05, 4.69) is 17.9 Å². The van der Waals surface area contributed by atoms with Crippen molar-refractivity contribution < 1.29 is 5.11 Å². The second-order valence-electron chi connectivity index (χ2n) is 6.18. The van der Waals surface area contributed by atoms with Gasteiger partial charge in [-0.2, -0.15) is 0 Å². The fourth-order valence-electron chi connectivity index (χ4n) is 3.81. The van der Waals surface area contributed by atoms with Crippen LogP contribution >= 0.6 is 0 Å². The second kappa shape index (κ2) is 5.54. The zero-order chi connectivity index (χ0) is 13.2. The summed E-state index contributed by atoms with van der Waals surface area (Å²) in [6, 6.07) is 6.51. The summed E-state index contributed by atoms with van der Waals surface area (Å²) in [6.45, 7) is 4.78. The SMILES string of the molecule is CCC1CCN(C2CCCc3ccc(O)cc32)CC1. The van der Waals surface area contributed by atoms with Gasteiger partial charge in [-0.15, -0.1) is 0 Å². The Bertz CT molecular complexity index is 435. The largest absolute Gasteiger partial charge is 0.508 e. The molecule has 1 heterocycles. The van der Waals surface area contributed by atoms with E-state index < -0.39 is 0 Å². The van der Waals surface area contributed by atoms with Gasteiger partial charge in [-0.05, 0) is 74.4 Å². The van der Waals surface area contributed by atoms with E-state index >= 15 is 0 Å². The highest BCUT2D eigenvalue weighted by Crippen LogP contribution is 2.38. The summed E-state index contributed by atoms with van der Waals surface area (Å²) in [5, 5.41) is 9.77. The van der Waals surface area contributed by atoms with E-state index in [1.165, 1.54) is 62.7 Å². The molecule has 0 spiro atoms. The molecule has 0 radical (unpaired) electrons. The zero-order valence-electron chi connectivity index (χ0n) is 11.9. The maximum Gasteiger partial charge on any atom is 0.115 e. The lowest BCUT2D eigenvalue weighted by atomic mass is 9.84.